The highest BCUT2D eigenvalue weighted by atomic mass is 19.1. The fourth-order valence-corrected chi connectivity index (χ4v) is 4.08. The molecule has 0 aliphatic carbocycles. The van der Waals surface area contributed by atoms with Gasteiger partial charge in [0.25, 0.3) is 5.91 Å². The molecule has 3 aromatic heterocycles. The lowest BCUT2D eigenvalue weighted by Crippen LogP contribution is -2.28. The van der Waals surface area contributed by atoms with E-state index in [4.69, 9.17) is 5.73 Å². The monoisotopic (exact) mass is 525 g/mol. The standard InChI is InChI=1S/C27H21F2N9O/c1-14(17-3-5-18(28)6-4-17)36-27(39)20-8-16(10-30)12-33-25(20)32-11-15-2-7-19(21(29)9-15)23-22-24(31)34-13-35-26(22)38-37-23/h2-9,12-14H,11H2,1H3,(H,32,33)(H,36,39)(H3,31,34,35,37,38)/t14-/m0/s1. The SMILES string of the molecule is C[C@H](NC(=O)c1cc(C#N)cnc1NCc1ccc(-c2[nH]nc3ncnc(N)c23)c(F)c1)c1ccc(F)cc1. The van der Waals surface area contributed by atoms with Gasteiger partial charge in [0.15, 0.2) is 5.65 Å². The number of halogens is 2. The van der Waals surface area contributed by atoms with Crippen molar-refractivity contribution in [2.45, 2.75) is 19.5 Å². The average Bonchev–Trinajstić information content (AvgIpc) is 3.37. The molecule has 1 atom stereocenters. The van der Waals surface area contributed by atoms with E-state index in [1.165, 1.54) is 36.8 Å². The van der Waals surface area contributed by atoms with Crippen LogP contribution in [-0.2, 0) is 6.54 Å². The lowest BCUT2D eigenvalue weighted by Gasteiger charge is -2.17. The van der Waals surface area contributed by atoms with E-state index in [-0.39, 0.29) is 40.7 Å². The molecule has 0 aliphatic rings. The van der Waals surface area contributed by atoms with E-state index in [9.17, 15) is 14.4 Å². The Bertz CT molecular complexity index is 1730. The van der Waals surface area contributed by atoms with Crippen LogP contribution in [0.5, 0.6) is 0 Å². The summed E-state index contributed by atoms with van der Waals surface area (Å²) in [5.41, 5.74) is 8.49. The number of aromatic nitrogens is 5. The third-order valence-electron chi connectivity index (χ3n) is 6.12. The lowest BCUT2D eigenvalue weighted by molar-refractivity contribution is 0.0940. The molecule has 194 valence electrons. The zero-order chi connectivity index (χ0) is 27.5. The average molecular weight is 526 g/mol. The third-order valence-corrected chi connectivity index (χ3v) is 6.12. The number of rotatable bonds is 7. The molecule has 0 unspecified atom stereocenters. The molecule has 0 bridgehead atoms. The first-order valence-electron chi connectivity index (χ1n) is 11.8. The number of benzene rings is 2. The lowest BCUT2D eigenvalue weighted by atomic mass is 10.1. The van der Waals surface area contributed by atoms with Crippen LogP contribution in [0.25, 0.3) is 22.3 Å². The van der Waals surface area contributed by atoms with E-state index < -0.39 is 17.8 Å². The second kappa shape index (κ2) is 10.5. The maximum atomic E-state index is 15.1. The molecule has 2 aromatic carbocycles. The highest BCUT2D eigenvalue weighted by Crippen LogP contribution is 2.30. The molecule has 10 nitrogen and oxygen atoms in total. The number of fused-ring (bicyclic) bond motifs is 1. The van der Waals surface area contributed by atoms with E-state index in [2.05, 4.69) is 35.8 Å². The molecule has 1 amide bonds. The number of carbonyl (C=O) groups is 1. The number of nitrogens with two attached hydrogens (primary N) is 1. The summed E-state index contributed by atoms with van der Waals surface area (Å²) in [6.07, 6.45) is 2.62. The molecule has 5 aromatic rings. The normalized spacial score (nSPS) is 11.6. The van der Waals surface area contributed by atoms with Crippen molar-refractivity contribution in [2.24, 2.45) is 0 Å². The number of nitriles is 1. The summed E-state index contributed by atoms with van der Waals surface area (Å²) in [6.45, 7) is 1.89. The van der Waals surface area contributed by atoms with Crippen LogP contribution in [0.4, 0.5) is 20.4 Å². The molecule has 0 fully saturated rings. The predicted molar refractivity (Wildman–Crippen MR) is 140 cm³/mol. The van der Waals surface area contributed by atoms with E-state index >= 15 is 4.39 Å². The fourth-order valence-electron chi connectivity index (χ4n) is 4.08. The Labute approximate surface area is 220 Å². The maximum Gasteiger partial charge on any atom is 0.255 e. The van der Waals surface area contributed by atoms with Crippen LogP contribution in [0.15, 0.2) is 61.1 Å². The van der Waals surface area contributed by atoms with Gasteiger partial charge in [0.2, 0.25) is 0 Å². The number of nitrogen functional groups attached to an aromatic ring is 1. The van der Waals surface area contributed by atoms with Crippen LogP contribution >= 0.6 is 0 Å². The van der Waals surface area contributed by atoms with E-state index in [1.54, 1.807) is 31.2 Å². The molecule has 0 saturated carbocycles. The van der Waals surface area contributed by atoms with Gasteiger partial charge in [-0.25, -0.2) is 23.7 Å². The van der Waals surface area contributed by atoms with E-state index in [0.29, 0.717) is 27.9 Å². The number of H-pyrrole nitrogens is 1. The first kappa shape index (κ1) is 25.2. The van der Waals surface area contributed by atoms with Gasteiger partial charge >= 0.3 is 0 Å². The third kappa shape index (κ3) is 5.19. The van der Waals surface area contributed by atoms with Crippen LogP contribution < -0.4 is 16.4 Å². The van der Waals surface area contributed by atoms with Crippen LogP contribution in [0.3, 0.4) is 0 Å². The Morgan fingerprint density at radius 1 is 1.13 bits per heavy atom. The van der Waals surface area contributed by atoms with E-state index in [1.807, 2.05) is 6.07 Å². The van der Waals surface area contributed by atoms with Crippen LogP contribution in [0.2, 0.25) is 0 Å². The van der Waals surface area contributed by atoms with Gasteiger partial charge in [0.05, 0.1) is 28.2 Å². The second-order valence-electron chi connectivity index (χ2n) is 8.70. The van der Waals surface area contributed by atoms with Crippen molar-refractivity contribution in [3.8, 4) is 17.3 Å². The summed E-state index contributed by atoms with van der Waals surface area (Å²) in [4.78, 5) is 25.3. The zero-order valence-corrected chi connectivity index (χ0v) is 20.5. The van der Waals surface area contributed by atoms with Crippen LogP contribution in [-0.4, -0.2) is 31.1 Å². The highest BCUT2D eigenvalue weighted by Gasteiger charge is 2.19. The number of nitrogens with one attached hydrogen (secondary N) is 3. The Balaban J connectivity index is 1.35. The second-order valence-corrected chi connectivity index (χ2v) is 8.70. The molecule has 5 N–H and O–H groups in total. The molecule has 0 spiro atoms. The Morgan fingerprint density at radius 2 is 1.92 bits per heavy atom. The van der Waals surface area contributed by atoms with Gasteiger partial charge in [-0.05, 0) is 48.4 Å². The first-order valence-corrected chi connectivity index (χ1v) is 11.8. The van der Waals surface area contributed by atoms with Crippen LogP contribution in [0, 0.1) is 23.0 Å². The minimum atomic E-state index is -0.526. The Hall–Kier alpha value is -5.44. The summed E-state index contributed by atoms with van der Waals surface area (Å²) in [5, 5.41) is 22.4. The summed E-state index contributed by atoms with van der Waals surface area (Å²) in [7, 11) is 0. The molecule has 3 heterocycles. The number of pyridine rings is 1. The Morgan fingerprint density at radius 3 is 2.67 bits per heavy atom. The van der Waals surface area contributed by atoms with Crippen molar-refractivity contribution >= 4 is 28.6 Å². The van der Waals surface area contributed by atoms with Crippen molar-refractivity contribution in [3.63, 3.8) is 0 Å². The molecular formula is C27H21F2N9O. The minimum Gasteiger partial charge on any atom is -0.383 e. The van der Waals surface area contributed by atoms with Gasteiger partial charge < -0.3 is 16.4 Å². The van der Waals surface area contributed by atoms with Crippen LogP contribution in [0.1, 0.15) is 40.0 Å². The van der Waals surface area contributed by atoms with Crippen molar-refractivity contribution in [3.05, 3.63) is 94.9 Å². The molecule has 12 heteroatoms. The topological polar surface area (TPSA) is 158 Å². The highest BCUT2D eigenvalue weighted by molar-refractivity contribution is 5.99. The molecule has 0 aliphatic heterocycles. The number of nitrogens with zero attached hydrogens (tertiary/aromatic N) is 5. The maximum absolute atomic E-state index is 15.1. The number of carbonyl (C=O) groups excluding carboxylic acids is 1. The van der Waals surface area contributed by atoms with Crippen molar-refractivity contribution in [2.75, 3.05) is 11.1 Å². The molecule has 5 rings (SSSR count). The van der Waals surface area contributed by atoms with E-state index in [0.717, 1.165) is 0 Å². The van der Waals surface area contributed by atoms with Gasteiger partial charge in [-0.2, -0.15) is 10.4 Å². The largest absolute Gasteiger partial charge is 0.383 e. The predicted octanol–water partition coefficient (Wildman–Crippen LogP) is 4.25. The number of hydrogen-bond acceptors (Lipinski definition) is 8. The molecule has 0 radical (unpaired) electrons. The molecular weight excluding hydrogens is 504 g/mol. The summed E-state index contributed by atoms with van der Waals surface area (Å²) >= 11 is 0. The van der Waals surface area contributed by atoms with Crippen molar-refractivity contribution < 1.29 is 13.6 Å². The number of aromatic amines is 1. The van der Waals surface area contributed by atoms with Crippen molar-refractivity contribution in [1.82, 2.24) is 30.5 Å². The summed E-state index contributed by atoms with van der Waals surface area (Å²) in [5.74, 6) is -0.990. The molecule has 0 saturated heterocycles. The molecule has 39 heavy (non-hydrogen) atoms. The number of anilines is 2. The zero-order valence-electron chi connectivity index (χ0n) is 20.5. The summed E-state index contributed by atoms with van der Waals surface area (Å²) in [6, 6.07) is 13.4. The fraction of sp³-hybridized carbons (Fsp3) is 0.111. The van der Waals surface area contributed by atoms with Crippen molar-refractivity contribution in [1.29, 1.82) is 5.26 Å². The summed E-state index contributed by atoms with van der Waals surface area (Å²) < 4.78 is 28.4. The Kier molecular flexibility index (Phi) is 6.79. The number of hydrogen-bond donors (Lipinski definition) is 4. The first-order chi connectivity index (χ1) is 18.8. The van der Waals surface area contributed by atoms with Gasteiger partial charge in [-0.3, -0.25) is 9.89 Å². The number of amides is 1. The smallest absolute Gasteiger partial charge is 0.255 e. The minimum absolute atomic E-state index is 0.138. The quantitative estimate of drug-likeness (QED) is 0.245. The van der Waals surface area contributed by atoms with Gasteiger partial charge in [-0.1, -0.05) is 18.2 Å². The van der Waals surface area contributed by atoms with Gasteiger partial charge in [0, 0.05) is 18.3 Å². The van der Waals surface area contributed by atoms with Gasteiger partial charge in [-0.15, -0.1) is 0 Å². The van der Waals surface area contributed by atoms with Gasteiger partial charge in [0.1, 0.15) is 35.7 Å².